The molecule has 0 spiro atoms. The third kappa shape index (κ3) is 2.26. The molecule has 0 saturated carbocycles. The number of piperidine rings is 3. The van der Waals surface area contributed by atoms with Crippen LogP contribution in [0.15, 0.2) is 29.4 Å². The zero-order valence-electron chi connectivity index (χ0n) is 13.7. The van der Waals surface area contributed by atoms with E-state index in [-0.39, 0.29) is 18.0 Å². The van der Waals surface area contributed by atoms with Crippen molar-refractivity contribution >= 4 is 11.6 Å². The standard InChI is InChI=1S/C18H23N3O2/c1-3-15(22)21-17(13-5-4-6-14(11-13)23-2)18-16(19-21)12-7-9-20(18)10-8-12/h4-6,11-12,17-18H,3,7-10H2,1-2H3. The number of hydrogen-bond donors (Lipinski definition) is 0. The van der Waals surface area contributed by atoms with E-state index in [0.717, 1.165) is 24.4 Å². The summed E-state index contributed by atoms with van der Waals surface area (Å²) in [6.45, 7) is 4.13. The van der Waals surface area contributed by atoms with Crippen molar-refractivity contribution in [1.29, 1.82) is 0 Å². The van der Waals surface area contributed by atoms with Crippen molar-refractivity contribution in [2.45, 2.75) is 38.3 Å². The van der Waals surface area contributed by atoms with Gasteiger partial charge in [-0.3, -0.25) is 9.69 Å². The number of amides is 1. The van der Waals surface area contributed by atoms with Crippen molar-refractivity contribution in [3.63, 3.8) is 0 Å². The molecule has 4 heterocycles. The number of ether oxygens (including phenoxy) is 1. The normalized spacial score (nSPS) is 31.7. The van der Waals surface area contributed by atoms with Gasteiger partial charge in [-0.25, -0.2) is 5.01 Å². The fourth-order valence-corrected chi connectivity index (χ4v) is 4.25. The molecule has 2 bridgehead atoms. The van der Waals surface area contributed by atoms with E-state index >= 15 is 0 Å². The summed E-state index contributed by atoms with van der Waals surface area (Å²) in [4.78, 5) is 15.0. The molecule has 1 amide bonds. The number of methoxy groups -OCH3 is 1. The van der Waals surface area contributed by atoms with Crippen LogP contribution in [0.2, 0.25) is 0 Å². The molecule has 1 aromatic rings. The maximum atomic E-state index is 12.5. The van der Waals surface area contributed by atoms with Gasteiger partial charge in [0.25, 0.3) is 0 Å². The third-order valence-corrected chi connectivity index (χ3v) is 5.42. The Kier molecular flexibility index (Phi) is 3.60. The predicted octanol–water partition coefficient (Wildman–Crippen LogP) is 2.44. The van der Waals surface area contributed by atoms with Crippen LogP contribution in [0, 0.1) is 5.92 Å². The molecule has 4 aliphatic rings. The highest BCUT2D eigenvalue weighted by Gasteiger charge is 2.50. The lowest BCUT2D eigenvalue weighted by molar-refractivity contribution is -0.133. The molecule has 0 aromatic heterocycles. The van der Waals surface area contributed by atoms with Crippen LogP contribution in [0.5, 0.6) is 5.75 Å². The van der Waals surface area contributed by atoms with Crippen molar-refractivity contribution in [1.82, 2.24) is 9.91 Å². The summed E-state index contributed by atoms with van der Waals surface area (Å²) in [7, 11) is 1.68. The average Bonchev–Trinajstić information content (AvgIpc) is 3.04. The number of hydrogen-bond acceptors (Lipinski definition) is 4. The van der Waals surface area contributed by atoms with Gasteiger partial charge in [0.05, 0.1) is 18.9 Å². The molecule has 23 heavy (non-hydrogen) atoms. The van der Waals surface area contributed by atoms with Gasteiger partial charge in [0.15, 0.2) is 0 Å². The van der Waals surface area contributed by atoms with Crippen molar-refractivity contribution in [3.8, 4) is 5.75 Å². The van der Waals surface area contributed by atoms with E-state index < -0.39 is 0 Å². The molecule has 4 aliphatic heterocycles. The molecule has 2 unspecified atom stereocenters. The second-order valence-electron chi connectivity index (χ2n) is 6.59. The summed E-state index contributed by atoms with van der Waals surface area (Å²) >= 11 is 0. The Morgan fingerprint density at radius 2 is 2.09 bits per heavy atom. The Balaban J connectivity index is 1.77. The topological polar surface area (TPSA) is 45.1 Å². The molecule has 0 N–H and O–H groups in total. The molecule has 3 saturated heterocycles. The van der Waals surface area contributed by atoms with Gasteiger partial charge in [0.2, 0.25) is 5.91 Å². The second-order valence-corrected chi connectivity index (χ2v) is 6.59. The Bertz CT molecular complexity index is 649. The second kappa shape index (κ2) is 5.64. The Labute approximate surface area is 136 Å². The van der Waals surface area contributed by atoms with E-state index in [2.05, 4.69) is 11.0 Å². The van der Waals surface area contributed by atoms with Gasteiger partial charge in [-0.2, -0.15) is 5.10 Å². The average molecular weight is 313 g/mol. The lowest BCUT2D eigenvalue weighted by Crippen LogP contribution is -2.56. The Hall–Kier alpha value is -1.88. The van der Waals surface area contributed by atoms with Crippen molar-refractivity contribution in [2.75, 3.05) is 20.2 Å². The molecule has 0 aliphatic carbocycles. The Morgan fingerprint density at radius 1 is 1.30 bits per heavy atom. The van der Waals surface area contributed by atoms with E-state index in [1.165, 1.54) is 18.6 Å². The van der Waals surface area contributed by atoms with Crippen LogP contribution in [0.4, 0.5) is 0 Å². The first-order chi connectivity index (χ1) is 11.2. The summed E-state index contributed by atoms with van der Waals surface area (Å²) in [5.74, 6) is 1.48. The molecule has 3 fully saturated rings. The highest BCUT2D eigenvalue weighted by Crippen LogP contribution is 2.43. The van der Waals surface area contributed by atoms with Crippen molar-refractivity contribution in [3.05, 3.63) is 29.8 Å². The van der Waals surface area contributed by atoms with Gasteiger partial charge < -0.3 is 4.74 Å². The SMILES string of the molecule is CCC(=O)N1N=C2C3CCN(CC3)C2C1c1cccc(OC)c1. The zero-order valence-corrected chi connectivity index (χ0v) is 13.7. The minimum absolute atomic E-state index is 0.0179. The molecule has 5 heteroatoms. The van der Waals surface area contributed by atoms with Crippen LogP contribution in [-0.4, -0.2) is 47.8 Å². The molecular weight excluding hydrogens is 290 g/mol. The number of carbonyl (C=O) groups is 1. The lowest BCUT2D eigenvalue weighted by atomic mass is 9.78. The summed E-state index contributed by atoms with van der Waals surface area (Å²) < 4.78 is 5.38. The van der Waals surface area contributed by atoms with Crippen LogP contribution in [0.1, 0.15) is 37.8 Å². The minimum atomic E-state index is -0.0179. The minimum Gasteiger partial charge on any atom is -0.497 e. The van der Waals surface area contributed by atoms with Gasteiger partial charge >= 0.3 is 0 Å². The van der Waals surface area contributed by atoms with E-state index in [0.29, 0.717) is 12.3 Å². The molecule has 122 valence electrons. The van der Waals surface area contributed by atoms with Gasteiger partial charge in [-0.15, -0.1) is 0 Å². The fourth-order valence-electron chi connectivity index (χ4n) is 4.25. The van der Waals surface area contributed by atoms with Gasteiger partial charge in [0.1, 0.15) is 11.8 Å². The highest BCUT2D eigenvalue weighted by atomic mass is 16.5. The first-order valence-corrected chi connectivity index (χ1v) is 8.51. The molecule has 0 radical (unpaired) electrons. The Morgan fingerprint density at radius 3 is 2.78 bits per heavy atom. The van der Waals surface area contributed by atoms with Crippen molar-refractivity contribution in [2.24, 2.45) is 11.0 Å². The number of rotatable bonds is 3. The van der Waals surface area contributed by atoms with Gasteiger partial charge in [-0.1, -0.05) is 19.1 Å². The first-order valence-electron chi connectivity index (χ1n) is 8.51. The van der Waals surface area contributed by atoms with Crippen LogP contribution < -0.4 is 4.74 Å². The van der Waals surface area contributed by atoms with E-state index in [9.17, 15) is 4.79 Å². The maximum absolute atomic E-state index is 12.5. The molecule has 2 atom stereocenters. The maximum Gasteiger partial charge on any atom is 0.243 e. The molecule has 5 nitrogen and oxygen atoms in total. The molecule has 5 rings (SSSR count). The van der Waals surface area contributed by atoms with Crippen molar-refractivity contribution < 1.29 is 9.53 Å². The summed E-state index contributed by atoms with van der Waals surface area (Å²) in [6.07, 6.45) is 2.83. The van der Waals surface area contributed by atoms with Gasteiger partial charge in [-0.05, 0) is 43.6 Å². The lowest BCUT2D eigenvalue weighted by Gasteiger charge is -2.46. The monoisotopic (exact) mass is 313 g/mol. The van der Waals surface area contributed by atoms with E-state index in [1.54, 1.807) is 12.1 Å². The largest absolute Gasteiger partial charge is 0.497 e. The quantitative estimate of drug-likeness (QED) is 0.861. The van der Waals surface area contributed by atoms with Crippen LogP contribution in [0.3, 0.4) is 0 Å². The first kappa shape index (κ1) is 14.7. The van der Waals surface area contributed by atoms with Crippen LogP contribution in [0.25, 0.3) is 0 Å². The number of hydrazone groups is 1. The van der Waals surface area contributed by atoms with Gasteiger partial charge in [0, 0.05) is 12.3 Å². The third-order valence-electron chi connectivity index (χ3n) is 5.42. The smallest absolute Gasteiger partial charge is 0.243 e. The molecule has 1 aromatic carbocycles. The zero-order chi connectivity index (χ0) is 16.0. The van der Waals surface area contributed by atoms with E-state index in [4.69, 9.17) is 9.84 Å². The number of fused-ring (bicyclic) bond motifs is 2. The van der Waals surface area contributed by atoms with Crippen LogP contribution >= 0.6 is 0 Å². The highest BCUT2D eigenvalue weighted by molar-refractivity contribution is 5.97. The number of carbonyl (C=O) groups excluding carboxylic acids is 1. The number of nitrogens with zero attached hydrogens (tertiary/aromatic N) is 3. The predicted molar refractivity (Wildman–Crippen MR) is 88.4 cm³/mol. The summed E-state index contributed by atoms with van der Waals surface area (Å²) in [6, 6.07) is 8.30. The number of benzene rings is 1. The summed E-state index contributed by atoms with van der Waals surface area (Å²) in [5.41, 5.74) is 2.33. The molecular formula is C18H23N3O2. The summed E-state index contributed by atoms with van der Waals surface area (Å²) in [5, 5.41) is 6.54. The van der Waals surface area contributed by atoms with E-state index in [1.807, 2.05) is 25.1 Å². The fraction of sp³-hybridized carbons (Fsp3) is 0.556. The van der Waals surface area contributed by atoms with Crippen LogP contribution in [-0.2, 0) is 4.79 Å².